The molecule has 0 saturated heterocycles. The summed E-state index contributed by atoms with van der Waals surface area (Å²) in [5.74, 6) is 0.550. The van der Waals surface area contributed by atoms with E-state index in [1.54, 1.807) is 25.3 Å². The van der Waals surface area contributed by atoms with E-state index in [2.05, 4.69) is 5.32 Å². The van der Waals surface area contributed by atoms with E-state index in [0.29, 0.717) is 18.8 Å². The first-order valence-corrected chi connectivity index (χ1v) is 6.18. The van der Waals surface area contributed by atoms with E-state index < -0.39 is 5.60 Å². The third kappa shape index (κ3) is 3.13. The molecular formula is C14H16ClNO2. The predicted octanol–water partition coefficient (Wildman–Crippen LogP) is 2.93. The van der Waals surface area contributed by atoms with Gasteiger partial charge in [0.15, 0.2) is 0 Å². The largest absolute Gasteiger partial charge is 0.466 e. The number of furan rings is 1. The summed E-state index contributed by atoms with van der Waals surface area (Å²) in [6, 6.07) is 11.2. The molecule has 0 aliphatic carbocycles. The minimum Gasteiger partial charge on any atom is -0.466 e. The van der Waals surface area contributed by atoms with Crippen molar-refractivity contribution in [3.8, 4) is 0 Å². The van der Waals surface area contributed by atoms with E-state index in [-0.39, 0.29) is 0 Å². The number of rotatable bonds is 5. The van der Waals surface area contributed by atoms with Crippen LogP contribution >= 0.6 is 11.6 Å². The zero-order valence-corrected chi connectivity index (χ0v) is 10.9. The van der Waals surface area contributed by atoms with Crippen molar-refractivity contribution in [3.63, 3.8) is 0 Å². The molecule has 1 aromatic heterocycles. The van der Waals surface area contributed by atoms with Gasteiger partial charge in [-0.2, -0.15) is 0 Å². The van der Waals surface area contributed by atoms with Gasteiger partial charge in [0.1, 0.15) is 11.4 Å². The van der Waals surface area contributed by atoms with Gasteiger partial charge in [0.2, 0.25) is 0 Å². The van der Waals surface area contributed by atoms with Crippen molar-refractivity contribution in [3.05, 3.63) is 59.0 Å². The third-order valence-corrected chi connectivity index (χ3v) is 3.16. The normalized spacial score (nSPS) is 14.4. The van der Waals surface area contributed by atoms with Crippen molar-refractivity contribution in [1.29, 1.82) is 0 Å². The van der Waals surface area contributed by atoms with Crippen molar-refractivity contribution in [1.82, 2.24) is 5.32 Å². The summed E-state index contributed by atoms with van der Waals surface area (Å²) in [6.07, 6.45) is 1.55. The van der Waals surface area contributed by atoms with Crippen molar-refractivity contribution in [2.24, 2.45) is 0 Å². The molecule has 0 aliphatic heterocycles. The van der Waals surface area contributed by atoms with Gasteiger partial charge in [-0.05, 0) is 30.7 Å². The molecule has 0 saturated carbocycles. The standard InChI is InChI=1S/C14H16ClNO2/c1-14(17,13-7-4-8-18-13)10-16-9-11-5-2-3-6-12(11)15/h2-8,16-17H,9-10H2,1H3. The quantitative estimate of drug-likeness (QED) is 0.874. The Morgan fingerprint density at radius 1 is 1.28 bits per heavy atom. The maximum absolute atomic E-state index is 10.2. The Labute approximate surface area is 111 Å². The fourth-order valence-corrected chi connectivity index (χ4v) is 1.96. The first-order chi connectivity index (χ1) is 8.59. The fourth-order valence-electron chi connectivity index (χ4n) is 1.75. The SMILES string of the molecule is CC(O)(CNCc1ccccc1Cl)c1ccco1. The summed E-state index contributed by atoms with van der Waals surface area (Å²) < 4.78 is 5.21. The maximum Gasteiger partial charge on any atom is 0.136 e. The second-order valence-electron chi connectivity index (χ2n) is 4.45. The topological polar surface area (TPSA) is 45.4 Å². The summed E-state index contributed by atoms with van der Waals surface area (Å²) in [6.45, 7) is 2.72. The van der Waals surface area contributed by atoms with Crippen LogP contribution in [0.15, 0.2) is 47.1 Å². The number of hydrogen-bond donors (Lipinski definition) is 2. The molecule has 0 spiro atoms. The van der Waals surface area contributed by atoms with Crippen LogP contribution in [0.25, 0.3) is 0 Å². The highest BCUT2D eigenvalue weighted by Crippen LogP contribution is 2.20. The molecule has 4 heteroatoms. The van der Waals surface area contributed by atoms with Crippen LogP contribution in [0.3, 0.4) is 0 Å². The minimum absolute atomic E-state index is 0.395. The summed E-state index contributed by atoms with van der Waals surface area (Å²) in [7, 11) is 0. The van der Waals surface area contributed by atoms with Gasteiger partial charge in [-0.3, -0.25) is 0 Å². The Morgan fingerprint density at radius 2 is 2.06 bits per heavy atom. The van der Waals surface area contributed by atoms with Crippen LogP contribution in [0.4, 0.5) is 0 Å². The number of benzene rings is 1. The van der Waals surface area contributed by atoms with Crippen LogP contribution in [0, 0.1) is 0 Å². The molecule has 96 valence electrons. The monoisotopic (exact) mass is 265 g/mol. The van der Waals surface area contributed by atoms with Gasteiger partial charge in [-0.25, -0.2) is 0 Å². The van der Waals surface area contributed by atoms with Crippen LogP contribution < -0.4 is 5.32 Å². The molecule has 1 atom stereocenters. The fraction of sp³-hybridized carbons (Fsp3) is 0.286. The van der Waals surface area contributed by atoms with E-state index in [1.165, 1.54) is 0 Å². The lowest BCUT2D eigenvalue weighted by molar-refractivity contribution is 0.0340. The molecule has 0 fully saturated rings. The minimum atomic E-state index is -1.02. The van der Waals surface area contributed by atoms with Crippen molar-refractivity contribution >= 4 is 11.6 Å². The van der Waals surface area contributed by atoms with E-state index >= 15 is 0 Å². The van der Waals surface area contributed by atoms with Crippen LogP contribution in [-0.4, -0.2) is 11.7 Å². The van der Waals surface area contributed by atoms with Crippen LogP contribution in [0.1, 0.15) is 18.2 Å². The molecule has 2 rings (SSSR count). The Bertz CT molecular complexity index is 494. The lowest BCUT2D eigenvalue weighted by Gasteiger charge is -2.21. The number of aliphatic hydroxyl groups is 1. The van der Waals surface area contributed by atoms with Crippen LogP contribution in [-0.2, 0) is 12.1 Å². The number of halogens is 1. The number of hydrogen-bond acceptors (Lipinski definition) is 3. The van der Waals surface area contributed by atoms with Crippen LogP contribution in [0.2, 0.25) is 5.02 Å². The summed E-state index contributed by atoms with van der Waals surface area (Å²) in [5, 5.41) is 14.1. The van der Waals surface area contributed by atoms with Gasteiger partial charge in [0.05, 0.1) is 6.26 Å². The highest BCUT2D eigenvalue weighted by Gasteiger charge is 2.25. The smallest absolute Gasteiger partial charge is 0.136 e. The Kier molecular flexibility index (Phi) is 4.07. The molecule has 0 aliphatic rings. The first kappa shape index (κ1) is 13.1. The molecule has 18 heavy (non-hydrogen) atoms. The van der Waals surface area contributed by atoms with Crippen molar-refractivity contribution in [2.75, 3.05) is 6.54 Å². The Morgan fingerprint density at radius 3 is 2.72 bits per heavy atom. The lowest BCUT2D eigenvalue weighted by Crippen LogP contribution is -2.34. The zero-order valence-electron chi connectivity index (χ0n) is 10.2. The molecule has 1 unspecified atom stereocenters. The number of nitrogens with one attached hydrogen (secondary N) is 1. The highest BCUT2D eigenvalue weighted by molar-refractivity contribution is 6.31. The second-order valence-corrected chi connectivity index (χ2v) is 4.85. The molecule has 1 aromatic carbocycles. The average molecular weight is 266 g/mol. The van der Waals surface area contributed by atoms with Gasteiger partial charge in [0.25, 0.3) is 0 Å². The highest BCUT2D eigenvalue weighted by atomic mass is 35.5. The van der Waals surface area contributed by atoms with Crippen molar-refractivity contribution < 1.29 is 9.52 Å². The zero-order chi connectivity index (χ0) is 13.0. The lowest BCUT2D eigenvalue weighted by atomic mass is 10.0. The molecule has 0 bridgehead atoms. The van der Waals surface area contributed by atoms with E-state index in [0.717, 1.165) is 10.6 Å². The summed E-state index contributed by atoms with van der Waals surface area (Å²) in [4.78, 5) is 0. The maximum atomic E-state index is 10.2. The molecule has 0 amide bonds. The Balaban J connectivity index is 1.91. The predicted molar refractivity (Wildman–Crippen MR) is 71.4 cm³/mol. The average Bonchev–Trinajstić information content (AvgIpc) is 2.86. The third-order valence-electron chi connectivity index (χ3n) is 2.79. The van der Waals surface area contributed by atoms with Gasteiger partial charge >= 0.3 is 0 Å². The van der Waals surface area contributed by atoms with Gasteiger partial charge in [-0.1, -0.05) is 29.8 Å². The Hall–Kier alpha value is -1.29. The second kappa shape index (κ2) is 5.57. The molecule has 2 N–H and O–H groups in total. The van der Waals surface area contributed by atoms with Gasteiger partial charge < -0.3 is 14.8 Å². The molecule has 1 heterocycles. The molecule has 0 radical (unpaired) electrons. The van der Waals surface area contributed by atoms with Crippen molar-refractivity contribution in [2.45, 2.75) is 19.1 Å². The first-order valence-electron chi connectivity index (χ1n) is 5.80. The van der Waals surface area contributed by atoms with E-state index in [1.807, 2.05) is 24.3 Å². The molecular weight excluding hydrogens is 250 g/mol. The molecule has 2 aromatic rings. The van der Waals surface area contributed by atoms with E-state index in [4.69, 9.17) is 16.0 Å². The molecule has 3 nitrogen and oxygen atoms in total. The summed E-state index contributed by atoms with van der Waals surface area (Å²) >= 11 is 6.05. The van der Waals surface area contributed by atoms with Gasteiger partial charge in [-0.15, -0.1) is 0 Å². The van der Waals surface area contributed by atoms with Crippen LogP contribution in [0.5, 0.6) is 0 Å². The van der Waals surface area contributed by atoms with E-state index in [9.17, 15) is 5.11 Å². The van der Waals surface area contributed by atoms with Gasteiger partial charge in [0, 0.05) is 18.1 Å². The summed E-state index contributed by atoms with van der Waals surface area (Å²) in [5.41, 5.74) is -0.0143.